The van der Waals surface area contributed by atoms with Crippen LogP contribution in [-0.4, -0.2) is 43.3 Å². The van der Waals surface area contributed by atoms with E-state index in [4.69, 9.17) is 21.1 Å². The second-order valence-corrected chi connectivity index (χ2v) is 8.14. The number of ether oxygens (including phenoxy) is 2. The largest absolute Gasteiger partial charge is 0.444 e. The van der Waals surface area contributed by atoms with E-state index in [0.29, 0.717) is 35.5 Å². The van der Waals surface area contributed by atoms with Crippen LogP contribution in [0, 0.1) is 0 Å². The standard InChI is InChI=1S/C22H24ClN3O4/c23-17-8-16(20(27)25-14-22-11-18(24-13-22)6-7-30-22)9-19(10-17)26-21(28)29-12-15-4-2-1-3-5-15/h1-5,8-10,18,24H,6-7,11-14H2,(H,25,27)(H,26,28)/t18-,22-/m1/s1. The smallest absolute Gasteiger partial charge is 0.411 e. The van der Waals surface area contributed by atoms with E-state index in [9.17, 15) is 9.59 Å². The van der Waals surface area contributed by atoms with Crippen molar-refractivity contribution in [2.24, 2.45) is 0 Å². The molecule has 0 unspecified atom stereocenters. The van der Waals surface area contributed by atoms with E-state index in [-0.39, 0.29) is 18.1 Å². The Morgan fingerprint density at radius 3 is 2.90 bits per heavy atom. The Morgan fingerprint density at radius 1 is 1.23 bits per heavy atom. The summed E-state index contributed by atoms with van der Waals surface area (Å²) in [5, 5.41) is 9.32. The average Bonchev–Trinajstić information content (AvgIpc) is 3.04. The van der Waals surface area contributed by atoms with Gasteiger partial charge in [-0.2, -0.15) is 0 Å². The van der Waals surface area contributed by atoms with Gasteiger partial charge in [-0.3, -0.25) is 10.1 Å². The third-order valence-corrected chi connectivity index (χ3v) is 5.61. The van der Waals surface area contributed by atoms with Crippen molar-refractivity contribution in [3.63, 3.8) is 0 Å². The first-order chi connectivity index (χ1) is 14.5. The predicted octanol–water partition coefficient (Wildman–Crippen LogP) is 3.34. The van der Waals surface area contributed by atoms with Crippen LogP contribution in [0.3, 0.4) is 0 Å². The summed E-state index contributed by atoms with van der Waals surface area (Å²) in [5.74, 6) is -0.273. The number of hydrogen-bond acceptors (Lipinski definition) is 5. The molecule has 0 saturated carbocycles. The average molecular weight is 430 g/mol. The molecule has 8 heteroatoms. The van der Waals surface area contributed by atoms with Crippen molar-refractivity contribution in [1.82, 2.24) is 10.6 Å². The van der Waals surface area contributed by atoms with Crippen LogP contribution in [0.4, 0.5) is 10.5 Å². The Hall–Kier alpha value is -2.61. The molecule has 3 N–H and O–H groups in total. The van der Waals surface area contributed by atoms with E-state index in [1.54, 1.807) is 18.2 Å². The number of halogens is 1. The minimum atomic E-state index is -0.620. The Morgan fingerprint density at radius 2 is 2.07 bits per heavy atom. The topological polar surface area (TPSA) is 88.7 Å². The number of nitrogens with one attached hydrogen (secondary N) is 3. The summed E-state index contributed by atoms with van der Waals surface area (Å²) < 4.78 is 11.1. The molecule has 158 valence electrons. The highest BCUT2D eigenvalue weighted by atomic mass is 35.5. The molecule has 0 aromatic heterocycles. The number of amides is 2. The lowest BCUT2D eigenvalue weighted by atomic mass is 9.95. The number of benzene rings is 2. The molecule has 2 fully saturated rings. The van der Waals surface area contributed by atoms with Crippen LogP contribution in [0.15, 0.2) is 48.5 Å². The third kappa shape index (κ3) is 5.11. The van der Waals surface area contributed by atoms with Gasteiger partial charge in [0.05, 0.1) is 5.60 Å². The summed E-state index contributed by atoms with van der Waals surface area (Å²) in [6.45, 7) is 2.00. The fraction of sp³-hybridized carbons (Fsp3) is 0.364. The molecule has 30 heavy (non-hydrogen) atoms. The first-order valence-corrected chi connectivity index (χ1v) is 10.3. The van der Waals surface area contributed by atoms with Crippen molar-refractivity contribution in [2.45, 2.75) is 31.1 Å². The van der Waals surface area contributed by atoms with Gasteiger partial charge < -0.3 is 20.1 Å². The van der Waals surface area contributed by atoms with Gasteiger partial charge in [-0.25, -0.2) is 4.79 Å². The van der Waals surface area contributed by atoms with E-state index in [2.05, 4.69) is 16.0 Å². The van der Waals surface area contributed by atoms with Gasteiger partial charge in [-0.05, 0) is 36.6 Å². The van der Waals surface area contributed by atoms with Crippen molar-refractivity contribution in [1.29, 1.82) is 0 Å². The Bertz CT molecular complexity index is 920. The Labute approximate surface area is 180 Å². The highest BCUT2D eigenvalue weighted by Crippen LogP contribution is 2.30. The van der Waals surface area contributed by atoms with Crippen LogP contribution in [0.25, 0.3) is 0 Å². The van der Waals surface area contributed by atoms with E-state index in [1.165, 1.54) is 0 Å². The van der Waals surface area contributed by atoms with E-state index < -0.39 is 6.09 Å². The number of rotatable bonds is 6. The highest BCUT2D eigenvalue weighted by Gasteiger charge is 2.43. The fourth-order valence-corrected chi connectivity index (χ4v) is 4.09. The quantitative estimate of drug-likeness (QED) is 0.655. The molecule has 0 radical (unpaired) electrons. The number of hydrogen-bond donors (Lipinski definition) is 3. The molecule has 4 rings (SSSR count). The Balaban J connectivity index is 1.34. The lowest BCUT2D eigenvalue weighted by molar-refractivity contribution is -0.0484. The molecule has 2 aromatic rings. The first kappa shape index (κ1) is 20.7. The van der Waals surface area contributed by atoms with Crippen LogP contribution < -0.4 is 16.0 Å². The molecule has 2 aromatic carbocycles. The lowest BCUT2D eigenvalue weighted by Gasteiger charge is -2.32. The van der Waals surface area contributed by atoms with Crippen molar-refractivity contribution < 1.29 is 19.1 Å². The molecule has 2 amide bonds. The maximum atomic E-state index is 12.7. The SMILES string of the molecule is O=C(Nc1cc(Cl)cc(C(=O)NC[C@@]23CN[C@H](CCO2)C3)c1)OCc1ccccc1. The van der Waals surface area contributed by atoms with Gasteiger partial charge in [-0.15, -0.1) is 0 Å². The van der Waals surface area contributed by atoms with Crippen molar-refractivity contribution >= 4 is 29.3 Å². The van der Waals surface area contributed by atoms with Crippen molar-refractivity contribution in [3.05, 3.63) is 64.7 Å². The van der Waals surface area contributed by atoms with Crippen LogP contribution in [0.1, 0.15) is 28.8 Å². The number of anilines is 1. The van der Waals surface area contributed by atoms with Crippen molar-refractivity contribution in [2.75, 3.05) is 25.0 Å². The summed E-state index contributed by atoms with van der Waals surface area (Å²) in [7, 11) is 0. The monoisotopic (exact) mass is 429 g/mol. The molecule has 2 aliphatic rings. The van der Waals surface area contributed by atoms with Gasteiger partial charge in [0.25, 0.3) is 5.91 Å². The molecule has 0 spiro atoms. The van der Waals surface area contributed by atoms with Gasteiger partial charge in [0.15, 0.2) is 0 Å². The molecular formula is C22H24ClN3O4. The molecular weight excluding hydrogens is 406 g/mol. The second kappa shape index (κ2) is 9.04. The van der Waals surface area contributed by atoms with Crippen LogP contribution >= 0.6 is 11.6 Å². The molecule has 2 heterocycles. The van der Waals surface area contributed by atoms with Gasteiger partial charge in [0.1, 0.15) is 6.61 Å². The summed E-state index contributed by atoms with van der Waals surface area (Å²) in [6, 6.07) is 14.5. The number of carbonyl (C=O) groups excluding carboxylic acids is 2. The highest BCUT2D eigenvalue weighted by molar-refractivity contribution is 6.31. The summed E-state index contributed by atoms with van der Waals surface area (Å²) in [4.78, 5) is 24.8. The third-order valence-electron chi connectivity index (χ3n) is 5.40. The molecule has 7 nitrogen and oxygen atoms in total. The van der Waals surface area contributed by atoms with Crippen LogP contribution in [0.5, 0.6) is 0 Å². The normalized spacial score (nSPS) is 22.4. The maximum absolute atomic E-state index is 12.7. The molecule has 2 aliphatic heterocycles. The van der Waals surface area contributed by atoms with Gasteiger partial charge in [-0.1, -0.05) is 41.9 Å². The zero-order chi connectivity index (χ0) is 21.0. The van der Waals surface area contributed by atoms with Gasteiger partial charge >= 0.3 is 6.09 Å². The number of carbonyl (C=O) groups is 2. The summed E-state index contributed by atoms with van der Waals surface area (Å²) in [5.41, 5.74) is 1.28. The minimum absolute atomic E-state index is 0.150. The van der Waals surface area contributed by atoms with E-state index in [1.807, 2.05) is 30.3 Å². The Kier molecular flexibility index (Phi) is 6.22. The lowest BCUT2D eigenvalue weighted by Crippen LogP contribution is -2.47. The summed E-state index contributed by atoms with van der Waals surface area (Å²) >= 11 is 6.15. The van der Waals surface area contributed by atoms with Gasteiger partial charge in [0, 0.05) is 42.0 Å². The molecule has 2 atom stereocenters. The van der Waals surface area contributed by atoms with Crippen molar-refractivity contribution in [3.8, 4) is 0 Å². The van der Waals surface area contributed by atoms with E-state index in [0.717, 1.165) is 24.9 Å². The maximum Gasteiger partial charge on any atom is 0.411 e. The van der Waals surface area contributed by atoms with Crippen LogP contribution in [0.2, 0.25) is 5.02 Å². The second-order valence-electron chi connectivity index (χ2n) is 7.70. The predicted molar refractivity (Wildman–Crippen MR) is 114 cm³/mol. The first-order valence-electron chi connectivity index (χ1n) is 9.95. The van der Waals surface area contributed by atoms with Crippen LogP contribution in [-0.2, 0) is 16.1 Å². The minimum Gasteiger partial charge on any atom is -0.444 e. The van der Waals surface area contributed by atoms with E-state index >= 15 is 0 Å². The van der Waals surface area contributed by atoms with Gasteiger partial charge in [0.2, 0.25) is 0 Å². The zero-order valence-corrected chi connectivity index (χ0v) is 17.2. The molecule has 2 bridgehead atoms. The number of fused-ring (bicyclic) bond motifs is 2. The molecule has 2 saturated heterocycles. The summed E-state index contributed by atoms with van der Waals surface area (Å²) in [6.07, 6.45) is 1.27. The molecule has 0 aliphatic carbocycles. The zero-order valence-electron chi connectivity index (χ0n) is 16.4. The fourth-order valence-electron chi connectivity index (χ4n) is 3.85.